The molecule has 0 spiro atoms. The minimum Gasteiger partial charge on any atom is -0.353 e. The van der Waals surface area contributed by atoms with Crippen molar-refractivity contribution in [3.8, 4) is 0 Å². The first kappa shape index (κ1) is 24.7. The highest BCUT2D eigenvalue weighted by molar-refractivity contribution is 5.92. The van der Waals surface area contributed by atoms with Crippen molar-refractivity contribution in [3.05, 3.63) is 30.3 Å². The van der Waals surface area contributed by atoms with Crippen LogP contribution in [0.2, 0.25) is 0 Å². The molecule has 0 saturated carbocycles. The number of benzene rings is 1. The van der Waals surface area contributed by atoms with Gasteiger partial charge in [-0.15, -0.1) is 24.8 Å². The predicted molar refractivity (Wildman–Crippen MR) is 110 cm³/mol. The lowest BCUT2D eigenvalue weighted by molar-refractivity contribution is -0.122. The van der Waals surface area contributed by atoms with E-state index in [4.69, 9.17) is 5.73 Å². The van der Waals surface area contributed by atoms with Crippen molar-refractivity contribution in [3.63, 3.8) is 0 Å². The third-order valence-corrected chi connectivity index (χ3v) is 4.20. The van der Waals surface area contributed by atoms with Crippen LogP contribution >= 0.6 is 24.8 Å². The zero-order valence-corrected chi connectivity index (χ0v) is 16.8. The summed E-state index contributed by atoms with van der Waals surface area (Å²) in [7, 11) is 0. The number of nitrogens with zero attached hydrogens (tertiary/aromatic N) is 1. The molecule has 1 aromatic rings. The van der Waals surface area contributed by atoms with Crippen LogP contribution in [-0.4, -0.2) is 48.4 Å². The molecule has 1 aliphatic heterocycles. The van der Waals surface area contributed by atoms with E-state index in [9.17, 15) is 9.59 Å². The highest BCUT2D eigenvalue weighted by atomic mass is 35.5. The van der Waals surface area contributed by atoms with E-state index in [-0.39, 0.29) is 48.7 Å². The molecule has 26 heavy (non-hydrogen) atoms. The van der Waals surface area contributed by atoms with E-state index >= 15 is 0 Å². The van der Waals surface area contributed by atoms with Gasteiger partial charge in [-0.1, -0.05) is 18.2 Å². The number of anilines is 1. The Morgan fingerprint density at radius 2 is 1.77 bits per heavy atom. The fourth-order valence-corrected chi connectivity index (χ4v) is 2.82. The summed E-state index contributed by atoms with van der Waals surface area (Å²) in [5.41, 5.74) is 6.49. The maximum atomic E-state index is 12.1. The number of rotatable bonds is 7. The van der Waals surface area contributed by atoms with Crippen LogP contribution in [0.25, 0.3) is 0 Å². The molecule has 1 saturated heterocycles. The molecule has 0 aromatic heterocycles. The summed E-state index contributed by atoms with van der Waals surface area (Å²) in [6.07, 6.45) is 2.95. The van der Waals surface area contributed by atoms with Gasteiger partial charge in [0.05, 0.1) is 6.54 Å². The van der Waals surface area contributed by atoms with Crippen molar-refractivity contribution < 1.29 is 9.59 Å². The van der Waals surface area contributed by atoms with Crippen molar-refractivity contribution in [2.24, 2.45) is 5.73 Å². The number of halogens is 2. The normalized spacial score (nSPS) is 15.9. The van der Waals surface area contributed by atoms with E-state index in [1.54, 1.807) is 0 Å². The van der Waals surface area contributed by atoms with Crippen LogP contribution in [0.4, 0.5) is 5.69 Å². The quantitative estimate of drug-likeness (QED) is 0.649. The third kappa shape index (κ3) is 9.38. The second kappa shape index (κ2) is 12.9. The number of carbonyl (C=O) groups is 2. The topological polar surface area (TPSA) is 87.5 Å². The van der Waals surface area contributed by atoms with Gasteiger partial charge in [0.1, 0.15) is 0 Å². The summed E-state index contributed by atoms with van der Waals surface area (Å²) in [6, 6.07) is 9.73. The monoisotopic (exact) mass is 404 g/mol. The Bertz CT molecular complexity index is 535. The molecule has 2 amide bonds. The van der Waals surface area contributed by atoms with Crippen LogP contribution in [0.5, 0.6) is 0 Å². The van der Waals surface area contributed by atoms with Crippen LogP contribution in [0.15, 0.2) is 30.3 Å². The van der Waals surface area contributed by atoms with Crippen LogP contribution < -0.4 is 16.4 Å². The van der Waals surface area contributed by atoms with Crippen LogP contribution in [0.1, 0.15) is 32.6 Å². The summed E-state index contributed by atoms with van der Waals surface area (Å²) in [6.45, 7) is 3.94. The van der Waals surface area contributed by atoms with Gasteiger partial charge in [-0.2, -0.15) is 0 Å². The Kier molecular flexibility index (Phi) is 12.3. The van der Waals surface area contributed by atoms with Gasteiger partial charge in [-0.3, -0.25) is 14.5 Å². The number of nitrogens with two attached hydrogens (primary N) is 1. The number of amides is 2. The molecule has 4 N–H and O–H groups in total. The summed E-state index contributed by atoms with van der Waals surface area (Å²) in [5.74, 6) is 0.0770. The molecular formula is C18H30Cl2N4O2. The van der Waals surface area contributed by atoms with Gasteiger partial charge in [0, 0.05) is 37.3 Å². The molecule has 1 atom stereocenters. The van der Waals surface area contributed by atoms with Crippen molar-refractivity contribution in [1.82, 2.24) is 10.2 Å². The lowest BCUT2D eigenvalue weighted by atomic mass is 10.0. The first-order valence-corrected chi connectivity index (χ1v) is 8.65. The van der Waals surface area contributed by atoms with E-state index in [1.165, 1.54) is 0 Å². The highest BCUT2D eigenvalue weighted by Crippen LogP contribution is 2.11. The second-order valence-electron chi connectivity index (χ2n) is 6.55. The van der Waals surface area contributed by atoms with Crippen LogP contribution in [0, 0.1) is 0 Å². The Morgan fingerprint density at radius 1 is 1.15 bits per heavy atom. The number of hydrogen-bond acceptors (Lipinski definition) is 4. The summed E-state index contributed by atoms with van der Waals surface area (Å²) >= 11 is 0. The fourth-order valence-electron chi connectivity index (χ4n) is 2.82. The number of nitrogens with one attached hydrogen (secondary N) is 2. The largest absolute Gasteiger partial charge is 0.353 e. The summed E-state index contributed by atoms with van der Waals surface area (Å²) in [4.78, 5) is 26.0. The molecule has 1 heterocycles. The van der Waals surface area contributed by atoms with Crippen molar-refractivity contribution in [2.75, 3.05) is 25.0 Å². The molecule has 1 aliphatic rings. The van der Waals surface area contributed by atoms with E-state index in [2.05, 4.69) is 15.5 Å². The minimum absolute atomic E-state index is 0. The molecule has 0 aliphatic carbocycles. The molecule has 8 heteroatoms. The zero-order chi connectivity index (χ0) is 17.4. The number of hydrogen-bond donors (Lipinski definition) is 3. The molecule has 1 unspecified atom stereocenters. The van der Waals surface area contributed by atoms with Gasteiger partial charge < -0.3 is 16.4 Å². The smallest absolute Gasteiger partial charge is 0.238 e. The van der Waals surface area contributed by atoms with Crippen molar-refractivity contribution in [1.29, 1.82) is 0 Å². The maximum Gasteiger partial charge on any atom is 0.238 e. The average molecular weight is 405 g/mol. The predicted octanol–water partition coefficient (Wildman–Crippen LogP) is 2.18. The number of para-hydroxylation sites is 1. The second-order valence-corrected chi connectivity index (χ2v) is 6.55. The van der Waals surface area contributed by atoms with Crippen LogP contribution in [-0.2, 0) is 9.59 Å². The third-order valence-electron chi connectivity index (χ3n) is 4.20. The van der Waals surface area contributed by atoms with Gasteiger partial charge in [0.25, 0.3) is 0 Å². The molecule has 1 fully saturated rings. The van der Waals surface area contributed by atoms with Crippen molar-refractivity contribution in [2.45, 2.75) is 44.7 Å². The van der Waals surface area contributed by atoms with Gasteiger partial charge in [0.15, 0.2) is 0 Å². The number of carbonyl (C=O) groups excluding carboxylic acids is 2. The van der Waals surface area contributed by atoms with Gasteiger partial charge in [0.2, 0.25) is 11.8 Å². The van der Waals surface area contributed by atoms with Gasteiger partial charge in [-0.25, -0.2) is 0 Å². The zero-order valence-electron chi connectivity index (χ0n) is 15.1. The van der Waals surface area contributed by atoms with Gasteiger partial charge in [-0.05, 0) is 38.3 Å². The maximum absolute atomic E-state index is 12.1. The standard InChI is InChI=1S/C18H28N4O2.2ClH/c1-14(19)7-8-17(23)20-16-9-11-22(12-10-16)13-18(24)21-15-5-3-2-4-6-15;;/h2-6,14,16H,7-13,19H2,1H3,(H,20,23)(H,21,24);2*1H. The molecule has 6 nitrogen and oxygen atoms in total. The fraction of sp³-hybridized carbons (Fsp3) is 0.556. The molecular weight excluding hydrogens is 375 g/mol. The van der Waals surface area contributed by atoms with E-state index in [0.717, 1.165) is 31.6 Å². The SMILES string of the molecule is CC(N)CCC(=O)NC1CCN(CC(=O)Nc2ccccc2)CC1.Cl.Cl. The first-order chi connectivity index (χ1) is 11.5. The Hall–Kier alpha value is -1.34. The Balaban J connectivity index is 0.00000312. The van der Waals surface area contributed by atoms with E-state index < -0.39 is 0 Å². The van der Waals surface area contributed by atoms with Gasteiger partial charge >= 0.3 is 0 Å². The van der Waals surface area contributed by atoms with E-state index in [0.29, 0.717) is 19.4 Å². The lowest BCUT2D eigenvalue weighted by Gasteiger charge is -2.31. The van der Waals surface area contributed by atoms with E-state index in [1.807, 2.05) is 37.3 Å². The molecule has 1 aromatic carbocycles. The summed E-state index contributed by atoms with van der Waals surface area (Å²) < 4.78 is 0. The molecule has 0 bridgehead atoms. The first-order valence-electron chi connectivity index (χ1n) is 8.65. The Morgan fingerprint density at radius 3 is 2.35 bits per heavy atom. The van der Waals surface area contributed by atoms with Crippen LogP contribution in [0.3, 0.4) is 0 Å². The molecule has 148 valence electrons. The summed E-state index contributed by atoms with van der Waals surface area (Å²) in [5, 5.41) is 5.96. The van der Waals surface area contributed by atoms with Crippen molar-refractivity contribution >= 4 is 42.3 Å². The highest BCUT2D eigenvalue weighted by Gasteiger charge is 2.22. The average Bonchev–Trinajstić information content (AvgIpc) is 2.55. The molecule has 0 radical (unpaired) electrons. The minimum atomic E-state index is 0. The number of likely N-dealkylation sites (tertiary alicyclic amines) is 1. The number of piperidine rings is 1. The molecule has 2 rings (SSSR count). The lowest BCUT2D eigenvalue weighted by Crippen LogP contribution is -2.46. The Labute approximate surface area is 168 Å².